The fourth-order valence-corrected chi connectivity index (χ4v) is 2.44. The number of fused-ring (bicyclic) bond motifs is 1. The number of nitrogens with zero attached hydrogens (tertiary/aromatic N) is 1. The number of nitrogens with one attached hydrogen (secondary N) is 1. The van der Waals surface area contributed by atoms with Gasteiger partial charge >= 0.3 is 0 Å². The van der Waals surface area contributed by atoms with Gasteiger partial charge in [0.2, 0.25) is 5.91 Å². The Hall–Kier alpha value is -2.37. The molecule has 1 heterocycles. The first kappa shape index (κ1) is 13.6. The van der Waals surface area contributed by atoms with Crippen LogP contribution in [0.5, 0.6) is 0 Å². The summed E-state index contributed by atoms with van der Waals surface area (Å²) in [6.45, 7) is 0.254. The lowest BCUT2D eigenvalue weighted by Crippen LogP contribution is -2.32. The molecule has 0 radical (unpaired) electrons. The van der Waals surface area contributed by atoms with Gasteiger partial charge in [0.15, 0.2) is 0 Å². The van der Waals surface area contributed by atoms with Gasteiger partial charge in [-0.1, -0.05) is 0 Å². The summed E-state index contributed by atoms with van der Waals surface area (Å²) in [6.07, 6.45) is 2.89. The molecule has 3 rings (SSSR count). The van der Waals surface area contributed by atoms with Gasteiger partial charge in [0.1, 0.15) is 0 Å². The molecule has 1 saturated carbocycles. The van der Waals surface area contributed by atoms with Crippen molar-refractivity contribution in [3.8, 4) is 0 Å². The second-order valence-electron chi connectivity index (χ2n) is 5.51. The van der Waals surface area contributed by atoms with Gasteiger partial charge in [0, 0.05) is 24.7 Å². The zero-order chi connectivity index (χ0) is 15.0. The predicted molar refractivity (Wildman–Crippen MR) is 76.6 cm³/mol. The number of imide groups is 1. The SMILES string of the molecule is Nc1ccc2c(c1)C(=O)N(CCCC(=O)NC1CC1)C2=O. The van der Waals surface area contributed by atoms with Crippen LogP contribution in [0.3, 0.4) is 0 Å². The average Bonchev–Trinajstić information content (AvgIpc) is 3.22. The zero-order valence-electron chi connectivity index (χ0n) is 11.6. The lowest BCUT2D eigenvalue weighted by molar-refractivity contribution is -0.121. The van der Waals surface area contributed by atoms with Gasteiger partial charge in [-0.25, -0.2) is 0 Å². The summed E-state index contributed by atoms with van der Waals surface area (Å²) in [5, 5.41) is 2.88. The molecule has 0 atom stereocenters. The van der Waals surface area contributed by atoms with Crippen LogP contribution in [-0.2, 0) is 4.79 Å². The van der Waals surface area contributed by atoms with Crippen molar-refractivity contribution in [3.05, 3.63) is 29.3 Å². The molecule has 0 spiro atoms. The summed E-state index contributed by atoms with van der Waals surface area (Å²) < 4.78 is 0. The number of anilines is 1. The smallest absolute Gasteiger partial charge is 0.261 e. The molecule has 6 nitrogen and oxygen atoms in total. The first-order valence-electron chi connectivity index (χ1n) is 7.11. The Balaban J connectivity index is 1.58. The van der Waals surface area contributed by atoms with Gasteiger partial charge < -0.3 is 11.1 Å². The fraction of sp³-hybridized carbons (Fsp3) is 0.400. The third-order valence-corrected chi connectivity index (χ3v) is 3.72. The molecule has 1 aromatic rings. The monoisotopic (exact) mass is 287 g/mol. The van der Waals surface area contributed by atoms with Crippen LogP contribution < -0.4 is 11.1 Å². The molecule has 1 aromatic carbocycles. The molecule has 6 heteroatoms. The highest BCUT2D eigenvalue weighted by Crippen LogP contribution is 2.25. The number of carbonyl (C=O) groups is 3. The second-order valence-corrected chi connectivity index (χ2v) is 5.51. The Morgan fingerprint density at radius 3 is 2.67 bits per heavy atom. The minimum absolute atomic E-state index is 0.0154. The van der Waals surface area contributed by atoms with Gasteiger partial charge in [0.05, 0.1) is 11.1 Å². The first-order valence-corrected chi connectivity index (χ1v) is 7.11. The topological polar surface area (TPSA) is 92.5 Å². The Kier molecular flexibility index (Phi) is 3.37. The van der Waals surface area contributed by atoms with Gasteiger partial charge in [0.25, 0.3) is 11.8 Å². The normalized spacial score (nSPS) is 17.0. The minimum Gasteiger partial charge on any atom is -0.399 e. The summed E-state index contributed by atoms with van der Waals surface area (Å²) in [4.78, 5) is 37.1. The molecule has 0 unspecified atom stereocenters. The molecule has 1 aliphatic heterocycles. The Bertz CT molecular complexity index is 623. The molecule has 0 aromatic heterocycles. The fourth-order valence-electron chi connectivity index (χ4n) is 2.44. The third kappa shape index (κ3) is 2.74. The van der Waals surface area contributed by atoms with Crippen molar-refractivity contribution in [3.63, 3.8) is 0 Å². The van der Waals surface area contributed by atoms with Crippen molar-refractivity contribution < 1.29 is 14.4 Å². The molecule has 21 heavy (non-hydrogen) atoms. The number of nitrogen functional groups attached to an aromatic ring is 1. The van der Waals surface area contributed by atoms with Crippen molar-refractivity contribution in [1.29, 1.82) is 0 Å². The third-order valence-electron chi connectivity index (χ3n) is 3.72. The van der Waals surface area contributed by atoms with E-state index in [9.17, 15) is 14.4 Å². The number of benzene rings is 1. The van der Waals surface area contributed by atoms with Crippen LogP contribution in [0.4, 0.5) is 5.69 Å². The van der Waals surface area contributed by atoms with Crippen LogP contribution in [-0.4, -0.2) is 35.2 Å². The number of carbonyl (C=O) groups excluding carboxylic acids is 3. The second kappa shape index (κ2) is 5.20. The van der Waals surface area contributed by atoms with E-state index >= 15 is 0 Å². The van der Waals surface area contributed by atoms with Crippen molar-refractivity contribution in [1.82, 2.24) is 10.2 Å². The van der Waals surface area contributed by atoms with Crippen LogP contribution in [0.1, 0.15) is 46.4 Å². The van der Waals surface area contributed by atoms with E-state index in [0.717, 1.165) is 12.8 Å². The lowest BCUT2D eigenvalue weighted by Gasteiger charge is -2.13. The van der Waals surface area contributed by atoms with E-state index in [1.54, 1.807) is 12.1 Å². The van der Waals surface area contributed by atoms with Gasteiger partial charge in [-0.3, -0.25) is 19.3 Å². The number of hydrogen-bond acceptors (Lipinski definition) is 4. The van der Waals surface area contributed by atoms with Crippen LogP contribution >= 0.6 is 0 Å². The summed E-state index contributed by atoms with van der Waals surface area (Å²) in [5.41, 5.74) is 6.84. The van der Waals surface area contributed by atoms with E-state index in [-0.39, 0.29) is 24.3 Å². The van der Waals surface area contributed by atoms with E-state index in [1.807, 2.05) is 0 Å². The molecule has 2 aliphatic rings. The molecule has 110 valence electrons. The molecular weight excluding hydrogens is 270 g/mol. The van der Waals surface area contributed by atoms with Gasteiger partial charge in [-0.05, 0) is 37.5 Å². The van der Waals surface area contributed by atoms with E-state index in [1.165, 1.54) is 11.0 Å². The molecule has 0 bridgehead atoms. The predicted octanol–water partition coefficient (Wildman–Crippen LogP) is 0.924. The molecule has 1 fully saturated rings. The Labute approximate surface area is 122 Å². The molecular formula is C15H17N3O3. The van der Waals surface area contributed by atoms with E-state index < -0.39 is 0 Å². The quantitative estimate of drug-likeness (QED) is 0.622. The summed E-state index contributed by atoms with van der Waals surface area (Å²) in [6, 6.07) is 5.04. The van der Waals surface area contributed by atoms with Crippen LogP contribution in [0.25, 0.3) is 0 Å². The standard InChI is InChI=1S/C15H17N3O3/c16-9-3-6-11-12(8-9)15(21)18(14(11)20)7-1-2-13(19)17-10-4-5-10/h3,6,8,10H,1-2,4-5,7,16H2,(H,17,19). The maximum absolute atomic E-state index is 12.2. The number of nitrogens with two attached hydrogens (primary N) is 1. The zero-order valence-corrected chi connectivity index (χ0v) is 11.6. The highest BCUT2D eigenvalue weighted by atomic mass is 16.2. The Morgan fingerprint density at radius 2 is 1.95 bits per heavy atom. The summed E-state index contributed by atoms with van der Waals surface area (Å²) in [5.74, 6) is -0.652. The number of amides is 3. The molecule has 3 N–H and O–H groups in total. The maximum Gasteiger partial charge on any atom is 0.261 e. The molecule has 0 saturated heterocycles. The highest BCUT2D eigenvalue weighted by molar-refractivity contribution is 6.21. The summed E-state index contributed by atoms with van der Waals surface area (Å²) in [7, 11) is 0. The number of rotatable bonds is 5. The minimum atomic E-state index is -0.329. The van der Waals surface area contributed by atoms with Crippen LogP contribution in [0.2, 0.25) is 0 Å². The lowest BCUT2D eigenvalue weighted by atomic mass is 10.1. The van der Waals surface area contributed by atoms with Crippen molar-refractivity contribution in [2.24, 2.45) is 0 Å². The van der Waals surface area contributed by atoms with Crippen molar-refractivity contribution in [2.45, 2.75) is 31.7 Å². The van der Waals surface area contributed by atoms with Crippen LogP contribution in [0.15, 0.2) is 18.2 Å². The Morgan fingerprint density at radius 1 is 1.24 bits per heavy atom. The maximum atomic E-state index is 12.2. The first-order chi connectivity index (χ1) is 10.1. The average molecular weight is 287 g/mol. The van der Waals surface area contributed by atoms with Crippen LogP contribution in [0, 0.1) is 0 Å². The van der Waals surface area contributed by atoms with E-state index in [2.05, 4.69) is 5.32 Å². The summed E-state index contributed by atoms with van der Waals surface area (Å²) >= 11 is 0. The largest absolute Gasteiger partial charge is 0.399 e. The molecule has 3 amide bonds. The van der Waals surface area contributed by atoms with E-state index in [4.69, 9.17) is 5.73 Å². The van der Waals surface area contributed by atoms with Gasteiger partial charge in [-0.2, -0.15) is 0 Å². The number of hydrogen-bond donors (Lipinski definition) is 2. The molecule has 1 aliphatic carbocycles. The van der Waals surface area contributed by atoms with Crippen molar-refractivity contribution >= 4 is 23.4 Å². The van der Waals surface area contributed by atoms with Crippen molar-refractivity contribution in [2.75, 3.05) is 12.3 Å². The van der Waals surface area contributed by atoms with Gasteiger partial charge in [-0.15, -0.1) is 0 Å². The van der Waals surface area contributed by atoms with E-state index in [0.29, 0.717) is 35.7 Å². The highest BCUT2D eigenvalue weighted by Gasteiger charge is 2.35.